The Morgan fingerprint density at radius 3 is 2.43 bits per heavy atom. The molecule has 0 spiro atoms. The summed E-state index contributed by atoms with van der Waals surface area (Å²) in [6.07, 6.45) is 2.24. The molecule has 1 rings (SSSR count). The second-order valence-corrected chi connectivity index (χ2v) is 5.84. The van der Waals surface area contributed by atoms with Gasteiger partial charge in [-0.15, -0.1) is 0 Å². The van der Waals surface area contributed by atoms with Crippen LogP contribution in [0.5, 0.6) is 0 Å². The standard InChI is InChI=1S/C16H21ClO4/c1-4-12(7-5-10(2)3)21-16(20)13-8-6-11(17)9-14(13)15(18)19/h6,8-10,12H,4-5,7H2,1-3H3,(H,18,19). The quantitative estimate of drug-likeness (QED) is 0.757. The van der Waals surface area contributed by atoms with Gasteiger partial charge in [-0.3, -0.25) is 0 Å². The summed E-state index contributed by atoms with van der Waals surface area (Å²) in [6.45, 7) is 6.16. The van der Waals surface area contributed by atoms with Crippen LogP contribution >= 0.6 is 11.6 Å². The molecule has 1 aromatic carbocycles. The van der Waals surface area contributed by atoms with Crippen LogP contribution in [-0.4, -0.2) is 23.1 Å². The second kappa shape index (κ2) is 8.03. The van der Waals surface area contributed by atoms with Crippen molar-refractivity contribution in [3.05, 3.63) is 34.3 Å². The average molecular weight is 313 g/mol. The molecule has 1 unspecified atom stereocenters. The Kier molecular flexibility index (Phi) is 6.69. The van der Waals surface area contributed by atoms with E-state index in [0.717, 1.165) is 12.8 Å². The van der Waals surface area contributed by atoms with E-state index in [-0.39, 0.29) is 22.3 Å². The highest BCUT2D eigenvalue weighted by molar-refractivity contribution is 6.31. The zero-order chi connectivity index (χ0) is 16.0. The SMILES string of the molecule is CCC(CCC(C)C)OC(=O)c1ccc(Cl)cc1C(=O)O. The summed E-state index contributed by atoms with van der Waals surface area (Å²) in [6, 6.07) is 4.14. The van der Waals surface area contributed by atoms with E-state index in [9.17, 15) is 9.59 Å². The molecule has 0 aliphatic rings. The molecule has 0 amide bonds. The average Bonchev–Trinajstić information content (AvgIpc) is 2.42. The van der Waals surface area contributed by atoms with Gasteiger partial charge in [0, 0.05) is 5.02 Å². The Morgan fingerprint density at radius 2 is 1.90 bits per heavy atom. The fourth-order valence-electron chi connectivity index (χ4n) is 1.95. The summed E-state index contributed by atoms with van der Waals surface area (Å²) in [7, 11) is 0. The molecule has 4 nitrogen and oxygen atoms in total. The van der Waals surface area contributed by atoms with Gasteiger partial charge in [-0.1, -0.05) is 32.4 Å². The first-order chi connectivity index (χ1) is 9.85. The van der Waals surface area contributed by atoms with Gasteiger partial charge in [0.2, 0.25) is 0 Å². The van der Waals surface area contributed by atoms with Crippen LogP contribution in [0, 0.1) is 5.92 Å². The van der Waals surface area contributed by atoms with Gasteiger partial charge < -0.3 is 9.84 Å². The Labute approximate surface area is 130 Å². The maximum atomic E-state index is 12.2. The Bertz CT molecular complexity index is 511. The molecule has 21 heavy (non-hydrogen) atoms. The van der Waals surface area contributed by atoms with Crippen LogP contribution < -0.4 is 0 Å². The lowest BCUT2D eigenvalue weighted by Crippen LogP contribution is -2.20. The third-order valence-electron chi connectivity index (χ3n) is 3.23. The van der Waals surface area contributed by atoms with Crippen molar-refractivity contribution in [2.45, 2.75) is 46.1 Å². The number of benzene rings is 1. The molecular formula is C16H21ClO4. The van der Waals surface area contributed by atoms with Crippen molar-refractivity contribution < 1.29 is 19.4 Å². The number of ether oxygens (including phenoxy) is 1. The number of carboxylic acid groups (broad SMARTS) is 1. The van der Waals surface area contributed by atoms with Crippen molar-refractivity contribution in [1.82, 2.24) is 0 Å². The van der Waals surface area contributed by atoms with E-state index in [2.05, 4.69) is 13.8 Å². The minimum absolute atomic E-state index is 0.0369. The monoisotopic (exact) mass is 312 g/mol. The Morgan fingerprint density at radius 1 is 1.24 bits per heavy atom. The first kappa shape index (κ1) is 17.5. The Balaban J connectivity index is 2.85. The molecule has 0 aliphatic carbocycles. The van der Waals surface area contributed by atoms with Crippen LogP contribution in [0.15, 0.2) is 18.2 Å². The molecule has 0 aliphatic heterocycles. The van der Waals surface area contributed by atoms with Gasteiger partial charge in [-0.25, -0.2) is 9.59 Å². The third kappa shape index (κ3) is 5.38. The summed E-state index contributed by atoms with van der Waals surface area (Å²) in [5, 5.41) is 9.41. The van der Waals surface area contributed by atoms with E-state index < -0.39 is 11.9 Å². The number of aromatic carboxylic acids is 1. The van der Waals surface area contributed by atoms with E-state index in [0.29, 0.717) is 12.3 Å². The van der Waals surface area contributed by atoms with Gasteiger partial charge in [0.15, 0.2) is 0 Å². The van der Waals surface area contributed by atoms with Gasteiger partial charge in [0.1, 0.15) is 6.10 Å². The minimum Gasteiger partial charge on any atom is -0.478 e. The topological polar surface area (TPSA) is 63.6 Å². The van der Waals surface area contributed by atoms with Crippen LogP contribution in [0.25, 0.3) is 0 Å². The first-order valence-electron chi connectivity index (χ1n) is 7.09. The number of carbonyl (C=O) groups excluding carboxylic acids is 1. The van der Waals surface area contributed by atoms with E-state index in [1.54, 1.807) is 0 Å². The number of hydrogen-bond donors (Lipinski definition) is 1. The second-order valence-electron chi connectivity index (χ2n) is 5.40. The lowest BCUT2D eigenvalue weighted by molar-refractivity contribution is 0.0255. The molecule has 0 radical (unpaired) electrons. The van der Waals surface area contributed by atoms with Crippen molar-refractivity contribution in [1.29, 1.82) is 0 Å². The van der Waals surface area contributed by atoms with E-state index in [4.69, 9.17) is 21.4 Å². The molecule has 0 saturated carbocycles. The van der Waals surface area contributed by atoms with E-state index in [1.165, 1.54) is 18.2 Å². The fraction of sp³-hybridized carbons (Fsp3) is 0.500. The smallest absolute Gasteiger partial charge is 0.339 e. The van der Waals surface area contributed by atoms with Crippen molar-refractivity contribution in [3.63, 3.8) is 0 Å². The van der Waals surface area contributed by atoms with E-state index >= 15 is 0 Å². The normalized spacial score (nSPS) is 12.2. The summed E-state index contributed by atoms with van der Waals surface area (Å²) in [5.41, 5.74) is -0.0962. The highest BCUT2D eigenvalue weighted by Gasteiger charge is 2.21. The maximum absolute atomic E-state index is 12.2. The summed E-state index contributed by atoms with van der Waals surface area (Å²) in [5.74, 6) is -1.28. The molecule has 1 N–H and O–H groups in total. The van der Waals surface area contributed by atoms with Crippen molar-refractivity contribution >= 4 is 23.5 Å². The van der Waals surface area contributed by atoms with Gasteiger partial charge >= 0.3 is 11.9 Å². The lowest BCUT2D eigenvalue weighted by atomic mass is 10.0. The van der Waals surface area contributed by atoms with Crippen molar-refractivity contribution in [3.8, 4) is 0 Å². The highest BCUT2D eigenvalue weighted by Crippen LogP contribution is 2.20. The fourth-order valence-corrected chi connectivity index (χ4v) is 2.12. The molecule has 0 heterocycles. The zero-order valence-electron chi connectivity index (χ0n) is 12.6. The first-order valence-corrected chi connectivity index (χ1v) is 7.46. The van der Waals surface area contributed by atoms with Crippen molar-refractivity contribution in [2.75, 3.05) is 0 Å². The molecule has 5 heteroatoms. The highest BCUT2D eigenvalue weighted by atomic mass is 35.5. The molecule has 0 fully saturated rings. The number of carbonyl (C=O) groups is 2. The summed E-state index contributed by atoms with van der Waals surface area (Å²) >= 11 is 5.77. The zero-order valence-corrected chi connectivity index (χ0v) is 13.3. The van der Waals surface area contributed by atoms with E-state index in [1.807, 2.05) is 6.92 Å². The molecular weight excluding hydrogens is 292 g/mol. The largest absolute Gasteiger partial charge is 0.478 e. The predicted molar refractivity (Wildman–Crippen MR) is 82.0 cm³/mol. The van der Waals surface area contributed by atoms with Crippen LogP contribution in [0.1, 0.15) is 60.7 Å². The number of rotatable bonds is 7. The van der Waals surface area contributed by atoms with Gasteiger partial charge in [-0.2, -0.15) is 0 Å². The minimum atomic E-state index is -1.19. The lowest BCUT2D eigenvalue weighted by Gasteiger charge is -2.18. The molecule has 1 atom stereocenters. The van der Waals surface area contributed by atoms with Crippen molar-refractivity contribution in [2.24, 2.45) is 5.92 Å². The summed E-state index contributed by atoms with van der Waals surface area (Å²) < 4.78 is 5.42. The number of esters is 1. The third-order valence-corrected chi connectivity index (χ3v) is 3.46. The Hall–Kier alpha value is -1.55. The summed E-state index contributed by atoms with van der Waals surface area (Å²) in [4.78, 5) is 23.3. The van der Waals surface area contributed by atoms with Crippen LogP contribution in [-0.2, 0) is 4.74 Å². The maximum Gasteiger partial charge on any atom is 0.339 e. The van der Waals surface area contributed by atoms with Crippen LogP contribution in [0.4, 0.5) is 0 Å². The number of halogens is 1. The molecule has 0 saturated heterocycles. The molecule has 0 aromatic heterocycles. The van der Waals surface area contributed by atoms with Gasteiger partial charge in [0.25, 0.3) is 0 Å². The molecule has 1 aromatic rings. The predicted octanol–water partition coefficient (Wildman–Crippen LogP) is 4.41. The number of carboxylic acids is 1. The van der Waals surface area contributed by atoms with Crippen LogP contribution in [0.2, 0.25) is 5.02 Å². The molecule has 0 bridgehead atoms. The van der Waals surface area contributed by atoms with Crippen LogP contribution in [0.3, 0.4) is 0 Å². The molecule has 116 valence electrons. The van der Waals surface area contributed by atoms with Gasteiger partial charge in [-0.05, 0) is 43.4 Å². The number of hydrogen-bond acceptors (Lipinski definition) is 3. The van der Waals surface area contributed by atoms with Gasteiger partial charge in [0.05, 0.1) is 11.1 Å².